The predicted molar refractivity (Wildman–Crippen MR) is 159 cm³/mol. The Morgan fingerprint density at radius 1 is 1.02 bits per heavy atom. The average Bonchev–Trinajstić information content (AvgIpc) is 3.11. The van der Waals surface area contributed by atoms with Crippen LogP contribution >= 0.6 is 15.3 Å². The number of rotatable bonds is 14. The summed E-state index contributed by atoms with van der Waals surface area (Å²) in [6.45, 7) is 13.3. The molecule has 2 aromatic rings. The van der Waals surface area contributed by atoms with Crippen LogP contribution in [0.2, 0.25) is 0 Å². The van der Waals surface area contributed by atoms with Gasteiger partial charge in [-0.25, -0.2) is 23.9 Å². The Bertz CT molecular complexity index is 1400. The van der Waals surface area contributed by atoms with Crippen molar-refractivity contribution in [3.63, 3.8) is 0 Å². The van der Waals surface area contributed by atoms with E-state index in [-0.39, 0.29) is 29.7 Å². The first-order chi connectivity index (χ1) is 19.4. The number of aromatic amines is 1. The van der Waals surface area contributed by atoms with E-state index in [0.717, 1.165) is 23.8 Å². The van der Waals surface area contributed by atoms with Crippen LogP contribution in [0.15, 0.2) is 52.2 Å². The van der Waals surface area contributed by atoms with E-state index in [9.17, 15) is 18.7 Å². The summed E-state index contributed by atoms with van der Waals surface area (Å²) in [7, 11) is -7.72. The molecule has 0 bridgehead atoms. The third-order valence-electron chi connectivity index (χ3n) is 7.28. The topological polar surface area (TPSA) is 150 Å². The number of aromatic nitrogens is 2. The number of para-hydroxylation sites is 1. The maximum atomic E-state index is 16.6. The van der Waals surface area contributed by atoms with E-state index in [2.05, 4.69) is 15.2 Å². The number of alkyl halides is 1. The van der Waals surface area contributed by atoms with Crippen LogP contribution in [0.5, 0.6) is 5.75 Å². The van der Waals surface area contributed by atoms with Gasteiger partial charge in [-0.1, -0.05) is 45.9 Å². The molecule has 236 valence electrons. The van der Waals surface area contributed by atoms with Gasteiger partial charge in [-0.2, -0.15) is 0 Å². The van der Waals surface area contributed by atoms with Crippen molar-refractivity contribution in [1.29, 1.82) is 0 Å². The summed E-state index contributed by atoms with van der Waals surface area (Å²) in [5, 5.41) is 5.83. The molecule has 3 N–H and O–H groups in total. The lowest BCUT2D eigenvalue weighted by atomic mass is 9.98. The number of ether oxygens (including phenoxy) is 1. The summed E-state index contributed by atoms with van der Waals surface area (Å²) in [6, 6.07) is 8.94. The van der Waals surface area contributed by atoms with Crippen LogP contribution in [0.25, 0.3) is 0 Å². The Balaban J connectivity index is 1.96. The molecule has 1 aliphatic rings. The van der Waals surface area contributed by atoms with Gasteiger partial charge in [-0.3, -0.25) is 23.4 Å². The standard InChI is InChI=1S/C27H43FN4O8P2/c1-17(2)19(5)30-41(8,35)40-24-22(38-25(27(24,7)28)32-15-14-23(33)29-26(32)34)16-37-42(36,31-20(6)18(3)4)39-21-12-10-9-11-13-21/h9-15,17-20,22,24-25H,16H2,1-8H3,(H,30,35)(H,31,36)(H,29,33,34)/t19-,20-,22+,24+,25+,27+,41+,42-/m0/s1. The highest BCUT2D eigenvalue weighted by molar-refractivity contribution is 7.56. The Hall–Kier alpha value is -2.11. The fourth-order valence-corrected chi connectivity index (χ4v) is 7.76. The largest absolute Gasteiger partial charge is 0.459 e. The molecule has 1 aliphatic heterocycles. The van der Waals surface area contributed by atoms with Crippen LogP contribution < -0.4 is 25.9 Å². The van der Waals surface area contributed by atoms with Gasteiger partial charge in [0.1, 0.15) is 18.0 Å². The normalized spacial score (nSPS) is 27.0. The van der Waals surface area contributed by atoms with Crippen LogP contribution in [0.1, 0.15) is 54.7 Å². The monoisotopic (exact) mass is 632 g/mol. The highest BCUT2D eigenvalue weighted by atomic mass is 31.2. The molecule has 0 amide bonds. The van der Waals surface area contributed by atoms with Crippen LogP contribution in [0.4, 0.5) is 4.39 Å². The second-order valence-corrected chi connectivity index (χ2v) is 15.4. The Morgan fingerprint density at radius 2 is 1.62 bits per heavy atom. The van der Waals surface area contributed by atoms with Crippen molar-refractivity contribution in [2.45, 2.75) is 84.7 Å². The lowest BCUT2D eigenvalue weighted by molar-refractivity contribution is -0.0593. The first-order valence-electron chi connectivity index (χ1n) is 13.9. The van der Waals surface area contributed by atoms with E-state index >= 15 is 4.39 Å². The number of hydrogen-bond donors (Lipinski definition) is 3. The van der Waals surface area contributed by atoms with Gasteiger partial charge in [0.2, 0.25) is 0 Å². The van der Waals surface area contributed by atoms with Crippen molar-refractivity contribution in [3.8, 4) is 5.75 Å². The molecule has 0 unspecified atom stereocenters. The molecule has 0 aliphatic carbocycles. The minimum Gasteiger partial charge on any atom is -0.413 e. The van der Waals surface area contributed by atoms with Crippen LogP contribution in [0, 0.1) is 11.8 Å². The van der Waals surface area contributed by atoms with Crippen molar-refractivity contribution in [3.05, 3.63) is 63.4 Å². The van der Waals surface area contributed by atoms with Crippen LogP contribution in [-0.2, 0) is 22.9 Å². The van der Waals surface area contributed by atoms with Gasteiger partial charge >= 0.3 is 13.4 Å². The molecule has 0 spiro atoms. The minimum atomic E-state index is -4.08. The molecule has 1 saturated heterocycles. The SMILES string of the molecule is CC(C)[C@H](C)N[P@](=O)(OC[C@H]1O[C@@H](n2ccc(=O)[nH]c2=O)[C@](C)(F)[C@@H]1O[P@@](C)(=O)N[C@@H](C)C(C)C)Oc1ccccc1. The smallest absolute Gasteiger partial charge is 0.413 e. The summed E-state index contributed by atoms with van der Waals surface area (Å²) < 4.78 is 68.4. The van der Waals surface area contributed by atoms with E-state index in [1.165, 1.54) is 6.66 Å². The quantitative estimate of drug-likeness (QED) is 0.247. The molecular weight excluding hydrogens is 589 g/mol. The zero-order valence-corrected chi connectivity index (χ0v) is 27.1. The van der Waals surface area contributed by atoms with E-state index < -0.39 is 57.2 Å². The molecule has 8 atom stereocenters. The zero-order valence-electron chi connectivity index (χ0n) is 25.3. The molecule has 42 heavy (non-hydrogen) atoms. The predicted octanol–water partition coefficient (Wildman–Crippen LogP) is 4.84. The van der Waals surface area contributed by atoms with Crippen molar-refractivity contribution in [1.82, 2.24) is 19.7 Å². The molecular formula is C27H43FN4O8P2. The molecule has 3 rings (SSSR count). The van der Waals surface area contributed by atoms with Gasteiger partial charge in [0.15, 0.2) is 11.9 Å². The first-order valence-corrected chi connectivity index (χ1v) is 17.5. The van der Waals surface area contributed by atoms with Gasteiger partial charge in [0.05, 0.1) is 6.61 Å². The molecule has 1 fully saturated rings. The minimum absolute atomic E-state index is 0.0609. The van der Waals surface area contributed by atoms with Crippen molar-refractivity contribution < 1.29 is 31.8 Å². The average molecular weight is 633 g/mol. The van der Waals surface area contributed by atoms with Gasteiger partial charge in [-0.15, -0.1) is 0 Å². The molecule has 0 radical (unpaired) electrons. The third-order valence-corrected chi connectivity index (χ3v) is 10.4. The van der Waals surface area contributed by atoms with Crippen molar-refractivity contribution in [2.24, 2.45) is 11.8 Å². The van der Waals surface area contributed by atoms with Gasteiger partial charge < -0.3 is 13.8 Å². The number of halogens is 1. The van der Waals surface area contributed by atoms with Crippen molar-refractivity contribution >= 4 is 15.3 Å². The Morgan fingerprint density at radius 3 is 2.19 bits per heavy atom. The van der Waals surface area contributed by atoms with Gasteiger partial charge in [0.25, 0.3) is 13.1 Å². The summed E-state index contributed by atoms with van der Waals surface area (Å²) in [4.78, 5) is 26.3. The van der Waals surface area contributed by atoms with E-state index in [1.807, 2.05) is 41.5 Å². The second-order valence-electron chi connectivity index (χ2n) is 11.6. The van der Waals surface area contributed by atoms with Crippen LogP contribution in [-0.4, -0.2) is 52.8 Å². The summed E-state index contributed by atoms with van der Waals surface area (Å²) in [6.07, 6.45) is -3.34. The molecule has 12 nitrogen and oxygen atoms in total. The molecule has 1 aromatic heterocycles. The van der Waals surface area contributed by atoms with Crippen LogP contribution in [0.3, 0.4) is 0 Å². The fraction of sp³-hybridized carbons (Fsp3) is 0.630. The van der Waals surface area contributed by atoms with Crippen molar-refractivity contribution in [2.75, 3.05) is 13.3 Å². The molecule has 1 aromatic carbocycles. The van der Waals surface area contributed by atoms with E-state index in [4.69, 9.17) is 18.3 Å². The first kappa shape index (κ1) is 34.4. The summed E-state index contributed by atoms with van der Waals surface area (Å²) in [5.41, 5.74) is -4.03. The fourth-order valence-electron chi connectivity index (χ4n) is 4.17. The number of benzene rings is 1. The van der Waals surface area contributed by atoms with E-state index in [0.29, 0.717) is 0 Å². The maximum absolute atomic E-state index is 16.6. The number of nitrogens with zero attached hydrogens (tertiary/aromatic N) is 1. The highest BCUT2D eigenvalue weighted by Crippen LogP contribution is 2.52. The highest BCUT2D eigenvalue weighted by Gasteiger charge is 2.58. The second kappa shape index (κ2) is 13.7. The number of H-pyrrole nitrogens is 1. The third kappa shape index (κ3) is 8.72. The maximum Gasteiger partial charge on any atom is 0.459 e. The Labute approximate surface area is 245 Å². The lowest BCUT2D eigenvalue weighted by Gasteiger charge is -2.32. The van der Waals surface area contributed by atoms with E-state index in [1.54, 1.807) is 30.3 Å². The zero-order chi connectivity index (χ0) is 31.5. The molecule has 15 heteroatoms. The van der Waals surface area contributed by atoms with Gasteiger partial charge in [-0.05, 0) is 44.7 Å². The summed E-state index contributed by atoms with van der Waals surface area (Å²) >= 11 is 0. The molecule has 2 heterocycles. The number of hydrogen-bond acceptors (Lipinski definition) is 8. The summed E-state index contributed by atoms with van der Waals surface area (Å²) in [5.74, 6) is 0.438. The number of nitrogens with one attached hydrogen (secondary N) is 3. The Kier molecular flexibility index (Phi) is 11.2. The molecule has 0 saturated carbocycles. The lowest BCUT2D eigenvalue weighted by Crippen LogP contribution is -2.45. The van der Waals surface area contributed by atoms with Gasteiger partial charge in [0, 0.05) is 31.0 Å².